The molecule has 0 N–H and O–H groups in total. The van der Waals surface area contributed by atoms with Crippen molar-refractivity contribution >= 4 is 21.5 Å². The maximum absolute atomic E-state index is 13.7. The van der Waals surface area contributed by atoms with Crippen LogP contribution in [0, 0.1) is 12.7 Å². The van der Waals surface area contributed by atoms with Crippen LogP contribution in [0.15, 0.2) is 76.6 Å². The van der Waals surface area contributed by atoms with E-state index in [-0.39, 0.29) is 17.5 Å². The van der Waals surface area contributed by atoms with Gasteiger partial charge in [-0.15, -0.1) is 0 Å². The van der Waals surface area contributed by atoms with Crippen molar-refractivity contribution in [1.82, 2.24) is 9.21 Å². The quantitative estimate of drug-likeness (QED) is 0.550. The topological polar surface area (TPSA) is 62.2 Å². The Morgan fingerprint density at radius 1 is 1.00 bits per heavy atom. The fourth-order valence-corrected chi connectivity index (χ4v) is 5.97. The molecule has 2 aliphatic rings. The van der Waals surface area contributed by atoms with E-state index < -0.39 is 15.8 Å². The van der Waals surface area contributed by atoms with Crippen molar-refractivity contribution in [1.29, 1.82) is 0 Å². The summed E-state index contributed by atoms with van der Waals surface area (Å²) in [6, 6.07) is 18.4. The number of piperazine rings is 1. The standard InChI is InChI=1S/C25H24FN3O3S/c1-17-10-11-22-24(14-17)32-23-9-4-3-8-21(23)25(27-22)28-12-13-29(18(2)16-28)33(30,31)20-7-5-6-19(26)15-20/h3-11,14-15,18H,12-13,16H2,1-2H3. The van der Waals surface area contributed by atoms with Crippen LogP contribution in [0.4, 0.5) is 10.1 Å². The normalized spacial score (nSPS) is 18.6. The third-order valence-corrected chi connectivity index (χ3v) is 7.97. The number of rotatable bonds is 2. The molecule has 0 spiro atoms. The van der Waals surface area contributed by atoms with Crippen molar-refractivity contribution in [2.75, 3.05) is 19.6 Å². The molecule has 2 aliphatic heterocycles. The molecule has 2 heterocycles. The largest absolute Gasteiger partial charge is 0.454 e. The lowest BCUT2D eigenvalue weighted by Gasteiger charge is -2.40. The molecule has 0 aliphatic carbocycles. The third kappa shape index (κ3) is 4.00. The Morgan fingerprint density at radius 3 is 2.61 bits per heavy atom. The van der Waals surface area contributed by atoms with E-state index in [4.69, 9.17) is 9.73 Å². The number of hydrogen-bond acceptors (Lipinski definition) is 5. The molecule has 1 fully saturated rings. The predicted octanol–water partition coefficient (Wildman–Crippen LogP) is 4.71. The number of sulfonamides is 1. The summed E-state index contributed by atoms with van der Waals surface area (Å²) in [6.45, 7) is 5.03. The number of hydrogen-bond donors (Lipinski definition) is 0. The Balaban J connectivity index is 1.48. The van der Waals surface area contributed by atoms with Crippen LogP contribution in [0.1, 0.15) is 18.1 Å². The zero-order valence-corrected chi connectivity index (χ0v) is 19.2. The SMILES string of the molecule is Cc1ccc2c(c1)Oc1ccccc1C(N1CCN(S(=O)(=O)c3cccc(F)c3)C(C)C1)=N2. The molecular formula is C25H24FN3O3S. The highest BCUT2D eigenvalue weighted by Gasteiger charge is 2.36. The minimum Gasteiger partial charge on any atom is -0.454 e. The molecule has 6 nitrogen and oxygen atoms in total. The Bertz CT molecular complexity index is 1360. The summed E-state index contributed by atoms with van der Waals surface area (Å²) in [7, 11) is -3.81. The number of aryl methyl sites for hydroxylation is 1. The third-order valence-electron chi connectivity index (χ3n) is 5.96. The second-order valence-corrected chi connectivity index (χ2v) is 10.3. The highest BCUT2D eigenvalue weighted by atomic mass is 32.2. The molecule has 3 aromatic carbocycles. The van der Waals surface area contributed by atoms with Crippen LogP contribution in [-0.4, -0.2) is 49.1 Å². The van der Waals surface area contributed by atoms with Crippen molar-refractivity contribution in [3.05, 3.63) is 83.7 Å². The van der Waals surface area contributed by atoms with Crippen LogP contribution in [0.25, 0.3) is 0 Å². The molecule has 0 aromatic heterocycles. The fourth-order valence-electron chi connectivity index (χ4n) is 4.32. The highest BCUT2D eigenvalue weighted by molar-refractivity contribution is 7.89. The van der Waals surface area contributed by atoms with Crippen molar-refractivity contribution < 1.29 is 17.5 Å². The first-order chi connectivity index (χ1) is 15.8. The Hall–Kier alpha value is -3.23. The lowest BCUT2D eigenvalue weighted by molar-refractivity contribution is 0.205. The van der Waals surface area contributed by atoms with Gasteiger partial charge in [-0.1, -0.05) is 24.3 Å². The Labute approximate surface area is 193 Å². The number of nitrogens with zero attached hydrogens (tertiary/aromatic N) is 3. The average molecular weight is 466 g/mol. The van der Waals surface area contributed by atoms with Gasteiger partial charge in [0.1, 0.15) is 23.1 Å². The maximum Gasteiger partial charge on any atom is 0.243 e. The number of para-hydroxylation sites is 1. The summed E-state index contributed by atoms with van der Waals surface area (Å²) in [5, 5.41) is 0. The zero-order valence-electron chi connectivity index (χ0n) is 18.4. The molecule has 1 unspecified atom stereocenters. The number of ether oxygens (including phenoxy) is 1. The molecule has 3 aromatic rings. The van der Waals surface area contributed by atoms with E-state index in [9.17, 15) is 12.8 Å². The van der Waals surface area contributed by atoms with E-state index in [0.717, 1.165) is 28.7 Å². The number of benzene rings is 3. The molecular weight excluding hydrogens is 441 g/mol. The van der Waals surface area contributed by atoms with Crippen LogP contribution in [0.3, 0.4) is 0 Å². The monoisotopic (exact) mass is 465 g/mol. The minimum absolute atomic E-state index is 0.0300. The molecule has 1 saturated heterocycles. The van der Waals surface area contributed by atoms with E-state index in [2.05, 4.69) is 4.90 Å². The summed E-state index contributed by atoms with van der Waals surface area (Å²) >= 11 is 0. The van der Waals surface area contributed by atoms with Gasteiger partial charge in [-0.25, -0.2) is 17.8 Å². The number of halogens is 1. The van der Waals surface area contributed by atoms with Crippen molar-refractivity contribution in [2.24, 2.45) is 4.99 Å². The van der Waals surface area contributed by atoms with Crippen LogP contribution in [0.2, 0.25) is 0 Å². The van der Waals surface area contributed by atoms with Crippen molar-refractivity contribution in [2.45, 2.75) is 24.8 Å². The van der Waals surface area contributed by atoms with Crippen LogP contribution >= 0.6 is 0 Å². The van der Waals surface area contributed by atoms with Gasteiger partial charge in [-0.05, 0) is 61.9 Å². The summed E-state index contributed by atoms with van der Waals surface area (Å²) < 4.78 is 47.7. The lowest BCUT2D eigenvalue weighted by Crippen LogP contribution is -2.55. The van der Waals surface area contributed by atoms with Crippen LogP contribution in [0.5, 0.6) is 11.5 Å². The molecule has 5 rings (SSSR count). The predicted molar refractivity (Wildman–Crippen MR) is 125 cm³/mol. The van der Waals surface area contributed by atoms with Gasteiger partial charge < -0.3 is 9.64 Å². The first-order valence-corrected chi connectivity index (χ1v) is 12.3. The minimum atomic E-state index is -3.81. The van der Waals surface area contributed by atoms with Gasteiger partial charge >= 0.3 is 0 Å². The fraction of sp³-hybridized carbons (Fsp3) is 0.240. The Kier molecular flexibility index (Phi) is 5.42. The Morgan fingerprint density at radius 2 is 1.82 bits per heavy atom. The van der Waals surface area contributed by atoms with E-state index in [1.807, 2.05) is 56.3 Å². The summed E-state index contributed by atoms with van der Waals surface area (Å²) in [6.07, 6.45) is 0. The second kappa shape index (κ2) is 8.28. The molecule has 0 saturated carbocycles. The van der Waals surface area contributed by atoms with Gasteiger partial charge in [0.25, 0.3) is 0 Å². The molecule has 170 valence electrons. The van der Waals surface area contributed by atoms with Gasteiger partial charge in [0.15, 0.2) is 5.75 Å². The second-order valence-electron chi connectivity index (χ2n) is 8.37. The van der Waals surface area contributed by atoms with Crippen LogP contribution < -0.4 is 4.74 Å². The smallest absolute Gasteiger partial charge is 0.243 e. The molecule has 8 heteroatoms. The van der Waals surface area contributed by atoms with Gasteiger partial charge in [0, 0.05) is 25.7 Å². The van der Waals surface area contributed by atoms with E-state index in [1.54, 1.807) is 0 Å². The molecule has 1 atom stereocenters. The van der Waals surface area contributed by atoms with E-state index in [0.29, 0.717) is 24.6 Å². The maximum atomic E-state index is 13.7. The molecule has 0 amide bonds. The van der Waals surface area contributed by atoms with Crippen molar-refractivity contribution in [3.8, 4) is 11.5 Å². The molecule has 0 bridgehead atoms. The average Bonchev–Trinajstić information content (AvgIpc) is 2.95. The van der Waals surface area contributed by atoms with Gasteiger partial charge in [0.2, 0.25) is 10.0 Å². The van der Waals surface area contributed by atoms with E-state index in [1.165, 1.54) is 22.5 Å². The summed E-state index contributed by atoms with van der Waals surface area (Å²) in [4.78, 5) is 7.00. The van der Waals surface area contributed by atoms with Crippen molar-refractivity contribution in [3.63, 3.8) is 0 Å². The van der Waals surface area contributed by atoms with Gasteiger partial charge in [-0.2, -0.15) is 4.31 Å². The van der Waals surface area contributed by atoms with Gasteiger partial charge in [-0.3, -0.25) is 0 Å². The molecule has 0 radical (unpaired) electrons. The number of amidine groups is 1. The van der Waals surface area contributed by atoms with Crippen LogP contribution in [-0.2, 0) is 10.0 Å². The first kappa shape index (κ1) is 21.6. The first-order valence-electron chi connectivity index (χ1n) is 10.8. The van der Waals surface area contributed by atoms with E-state index >= 15 is 0 Å². The zero-order chi connectivity index (χ0) is 23.2. The summed E-state index contributed by atoms with van der Waals surface area (Å²) in [5.74, 6) is 1.59. The number of fused-ring (bicyclic) bond motifs is 2. The molecule has 33 heavy (non-hydrogen) atoms. The summed E-state index contributed by atoms with van der Waals surface area (Å²) in [5.41, 5.74) is 2.67. The number of aliphatic imine (C=N–C) groups is 1. The lowest BCUT2D eigenvalue weighted by atomic mass is 10.1. The highest BCUT2D eigenvalue weighted by Crippen LogP contribution is 2.39. The van der Waals surface area contributed by atoms with Gasteiger partial charge in [0.05, 0.1) is 10.5 Å².